The summed E-state index contributed by atoms with van der Waals surface area (Å²) in [6.07, 6.45) is 5.67. The molecule has 1 saturated carbocycles. The molecule has 2 aliphatic rings. The summed E-state index contributed by atoms with van der Waals surface area (Å²) in [7, 11) is 0. The molecular weight excluding hydrogens is 432 g/mol. The molecule has 10 heteroatoms. The van der Waals surface area contributed by atoms with Gasteiger partial charge in [0.05, 0.1) is 0 Å². The maximum absolute atomic E-state index is 13.1. The molecule has 0 radical (unpaired) electrons. The first-order chi connectivity index (χ1) is 15.6. The molecule has 3 amide bonds. The zero-order valence-corrected chi connectivity index (χ0v) is 18.5. The minimum absolute atomic E-state index is 0.0102. The molecule has 170 valence electrons. The fourth-order valence-corrected chi connectivity index (χ4v) is 4.38. The third-order valence-corrected chi connectivity index (χ3v) is 6.09. The summed E-state index contributed by atoms with van der Waals surface area (Å²) in [5.74, 6) is 0.297. The van der Waals surface area contributed by atoms with E-state index in [1.54, 1.807) is 29.8 Å². The predicted octanol–water partition coefficient (Wildman–Crippen LogP) is 2.72. The number of thiazole rings is 1. The van der Waals surface area contributed by atoms with E-state index in [4.69, 9.17) is 9.47 Å². The largest absolute Gasteiger partial charge is 0.486 e. The Hall–Kier alpha value is -3.14. The zero-order valence-electron chi connectivity index (χ0n) is 17.7. The second kappa shape index (κ2) is 10.4. The monoisotopic (exact) mass is 458 g/mol. The summed E-state index contributed by atoms with van der Waals surface area (Å²) in [5, 5.41) is 7.93. The number of carbonyl (C=O) groups excluding carboxylic acids is 3. The fourth-order valence-electron chi connectivity index (χ4n) is 3.83. The molecular formula is C22H26N4O5S. The molecule has 2 heterocycles. The van der Waals surface area contributed by atoms with Crippen molar-refractivity contribution in [3.63, 3.8) is 0 Å². The highest BCUT2D eigenvalue weighted by Gasteiger charge is 2.24. The third kappa shape index (κ3) is 5.76. The lowest BCUT2D eigenvalue weighted by molar-refractivity contribution is -0.125. The SMILES string of the molecule is O=C(CCC(=O)N(CC(=O)NC1CCCC1)c1ccc2c(c1)OCCO2)Nc1nccs1. The molecule has 0 atom stereocenters. The Labute approximate surface area is 190 Å². The standard InChI is InChI=1S/C22H26N4O5S/c27-19(25-22-23-9-12-32-22)7-8-21(29)26(14-20(28)24-15-3-1-2-4-15)16-5-6-17-18(13-16)31-11-10-30-17/h5-6,9,12-13,15H,1-4,7-8,10-11,14H2,(H,24,28)(H,23,25,27). The molecule has 0 spiro atoms. The van der Waals surface area contributed by atoms with E-state index in [1.165, 1.54) is 16.2 Å². The van der Waals surface area contributed by atoms with E-state index in [1.807, 2.05) is 0 Å². The Balaban J connectivity index is 1.44. The Morgan fingerprint density at radius 2 is 1.84 bits per heavy atom. The topological polar surface area (TPSA) is 110 Å². The minimum Gasteiger partial charge on any atom is -0.486 e. The lowest BCUT2D eigenvalue weighted by Gasteiger charge is -2.25. The van der Waals surface area contributed by atoms with Gasteiger partial charge in [-0.1, -0.05) is 12.8 Å². The summed E-state index contributed by atoms with van der Waals surface area (Å²) in [5.41, 5.74) is 0.529. The Morgan fingerprint density at radius 3 is 2.59 bits per heavy atom. The van der Waals surface area contributed by atoms with Gasteiger partial charge in [0.25, 0.3) is 0 Å². The van der Waals surface area contributed by atoms with Crippen molar-refractivity contribution in [2.24, 2.45) is 0 Å². The molecule has 2 aromatic rings. The molecule has 2 N–H and O–H groups in total. The van der Waals surface area contributed by atoms with Gasteiger partial charge < -0.3 is 25.0 Å². The van der Waals surface area contributed by atoms with Crippen LogP contribution in [0.1, 0.15) is 38.5 Å². The molecule has 1 aliphatic carbocycles. The highest BCUT2D eigenvalue weighted by molar-refractivity contribution is 7.13. The first-order valence-corrected chi connectivity index (χ1v) is 11.6. The lowest BCUT2D eigenvalue weighted by Crippen LogP contribution is -2.44. The molecule has 9 nitrogen and oxygen atoms in total. The Bertz CT molecular complexity index is 959. The molecule has 4 rings (SSSR count). The van der Waals surface area contributed by atoms with Crippen LogP contribution in [-0.4, -0.2) is 48.5 Å². The normalized spacial score (nSPS) is 15.2. The summed E-state index contributed by atoms with van der Waals surface area (Å²) >= 11 is 1.31. The molecule has 0 unspecified atom stereocenters. The van der Waals surface area contributed by atoms with Crippen LogP contribution >= 0.6 is 11.3 Å². The van der Waals surface area contributed by atoms with Crippen LogP contribution in [0.25, 0.3) is 0 Å². The average Bonchev–Trinajstić information content (AvgIpc) is 3.50. The van der Waals surface area contributed by atoms with Gasteiger partial charge in [0.15, 0.2) is 16.6 Å². The van der Waals surface area contributed by atoms with Crippen molar-refractivity contribution in [1.82, 2.24) is 10.3 Å². The van der Waals surface area contributed by atoms with E-state index in [2.05, 4.69) is 15.6 Å². The van der Waals surface area contributed by atoms with E-state index in [9.17, 15) is 14.4 Å². The van der Waals surface area contributed by atoms with Crippen LogP contribution < -0.4 is 25.0 Å². The molecule has 1 aromatic carbocycles. The third-order valence-electron chi connectivity index (χ3n) is 5.41. The molecule has 0 saturated heterocycles. The Morgan fingerprint density at radius 1 is 1.06 bits per heavy atom. The quantitative estimate of drug-likeness (QED) is 0.630. The van der Waals surface area contributed by atoms with Crippen molar-refractivity contribution >= 4 is 39.9 Å². The highest BCUT2D eigenvalue weighted by atomic mass is 32.1. The predicted molar refractivity (Wildman–Crippen MR) is 120 cm³/mol. The number of carbonyl (C=O) groups is 3. The first kappa shape index (κ1) is 22.1. The number of nitrogens with zero attached hydrogens (tertiary/aromatic N) is 2. The number of amides is 3. The van der Waals surface area contributed by atoms with Gasteiger partial charge in [-0.05, 0) is 25.0 Å². The van der Waals surface area contributed by atoms with Gasteiger partial charge in [-0.25, -0.2) is 4.98 Å². The lowest BCUT2D eigenvalue weighted by atomic mass is 10.2. The number of rotatable bonds is 8. The molecule has 1 aromatic heterocycles. The molecule has 1 aliphatic heterocycles. The number of aromatic nitrogens is 1. The van der Waals surface area contributed by atoms with E-state index < -0.39 is 0 Å². The molecule has 1 fully saturated rings. The van der Waals surface area contributed by atoms with Gasteiger partial charge in [-0.15, -0.1) is 11.3 Å². The smallest absolute Gasteiger partial charge is 0.240 e. The van der Waals surface area contributed by atoms with Gasteiger partial charge in [-0.3, -0.25) is 14.4 Å². The number of hydrogen-bond donors (Lipinski definition) is 2. The molecule has 0 bridgehead atoms. The van der Waals surface area contributed by atoms with Crippen LogP contribution in [0.4, 0.5) is 10.8 Å². The second-order valence-electron chi connectivity index (χ2n) is 7.74. The van der Waals surface area contributed by atoms with E-state index in [-0.39, 0.29) is 43.1 Å². The van der Waals surface area contributed by atoms with E-state index in [0.717, 1.165) is 25.7 Å². The zero-order chi connectivity index (χ0) is 22.3. The maximum atomic E-state index is 13.1. The van der Waals surface area contributed by atoms with Crippen molar-refractivity contribution in [2.75, 3.05) is 30.0 Å². The summed E-state index contributed by atoms with van der Waals surface area (Å²) < 4.78 is 11.2. The van der Waals surface area contributed by atoms with Crippen LogP contribution in [0.5, 0.6) is 11.5 Å². The van der Waals surface area contributed by atoms with Gasteiger partial charge in [0.1, 0.15) is 19.8 Å². The van der Waals surface area contributed by atoms with Crippen molar-refractivity contribution in [3.8, 4) is 11.5 Å². The van der Waals surface area contributed by atoms with Gasteiger partial charge in [0.2, 0.25) is 17.7 Å². The number of hydrogen-bond acceptors (Lipinski definition) is 7. The van der Waals surface area contributed by atoms with Crippen LogP contribution in [0.2, 0.25) is 0 Å². The fraction of sp³-hybridized carbons (Fsp3) is 0.455. The number of fused-ring (bicyclic) bond motifs is 1. The maximum Gasteiger partial charge on any atom is 0.240 e. The van der Waals surface area contributed by atoms with E-state index in [0.29, 0.717) is 35.5 Å². The van der Waals surface area contributed by atoms with Gasteiger partial charge in [-0.2, -0.15) is 0 Å². The van der Waals surface area contributed by atoms with Crippen LogP contribution in [0, 0.1) is 0 Å². The van der Waals surface area contributed by atoms with Crippen LogP contribution in [0.15, 0.2) is 29.8 Å². The van der Waals surface area contributed by atoms with Gasteiger partial charge >= 0.3 is 0 Å². The minimum atomic E-state index is -0.322. The Kier molecular flexibility index (Phi) is 7.21. The van der Waals surface area contributed by atoms with Crippen LogP contribution in [-0.2, 0) is 14.4 Å². The molecule has 32 heavy (non-hydrogen) atoms. The summed E-state index contributed by atoms with van der Waals surface area (Å²) in [6.45, 7) is 0.763. The average molecular weight is 459 g/mol. The number of benzene rings is 1. The second-order valence-corrected chi connectivity index (χ2v) is 8.64. The van der Waals surface area contributed by atoms with Gasteiger partial charge in [0, 0.05) is 42.2 Å². The number of nitrogens with one attached hydrogen (secondary N) is 2. The number of ether oxygens (including phenoxy) is 2. The van der Waals surface area contributed by atoms with Crippen molar-refractivity contribution < 1.29 is 23.9 Å². The van der Waals surface area contributed by atoms with Crippen molar-refractivity contribution in [1.29, 1.82) is 0 Å². The summed E-state index contributed by atoms with van der Waals surface area (Å²) in [6, 6.07) is 5.31. The van der Waals surface area contributed by atoms with Crippen molar-refractivity contribution in [2.45, 2.75) is 44.6 Å². The van der Waals surface area contributed by atoms with E-state index >= 15 is 0 Å². The number of anilines is 2. The summed E-state index contributed by atoms with van der Waals surface area (Å²) in [4.78, 5) is 43.3. The van der Waals surface area contributed by atoms with Crippen LogP contribution in [0.3, 0.4) is 0 Å². The van der Waals surface area contributed by atoms with Crippen molar-refractivity contribution in [3.05, 3.63) is 29.8 Å². The first-order valence-electron chi connectivity index (χ1n) is 10.8. The highest BCUT2D eigenvalue weighted by Crippen LogP contribution is 2.34.